The normalized spacial score (nSPS) is 21.3. The first-order chi connectivity index (χ1) is 10.2. The molecule has 124 valence electrons. The van der Waals surface area contributed by atoms with Crippen molar-refractivity contribution in [3.05, 3.63) is 0 Å². The Morgan fingerprint density at radius 3 is 2.68 bits per heavy atom. The Morgan fingerprint density at radius 2 is 2.09 bits per heavy atom. The van der Waals surface area contributed by atoms with E-state index < -0.39 is 11.2 Å². The predicted molar refractivity (Wildman–Crippen MR) is 80.0 cm³/mol. The van der Waals surface area contributed by atoms with E-state index in [2.05, 4.69) is 5.32 Å². The number of nitriles is 1. The number of hydrogen-bond donors (Lipinski definition) is 1. The van der Waals surface area contributed by atoms with Crippen LogP contribution in [-0.2, 0) is 14.3 Å². The average molecular weight is 311 g/mol. The molecule has 0 radical (unpaired) electrons. The molecule has 1 aliphatic heterocycles. The quantitative estimate of drug-likeness (QED) is 0.776. The summed E-state index contributed by atoms with van der Waals surface area (Å²) < 4.78 is 11.0. The van der Waals surface area contributed by atoms with Gasteiger partial charge in [0.05, 0.1) is 24.6 Å². The van der Waals surface area contributed by atoms with Crippen molar-refractivity contribution in [2.45, 2.75) is 51.7 Å². The second kappa shape index (κ2) is 7.45. The van der Waals surface area contributed by atoms with Crippen LogP contribution >= 0.6 is 0 Å². The molecule has 0 bridgehead atoms. The summed E-state index contributed by atoms with van der Waals surface area (Å²) in [6, 6.07) is 1.95. The van der Waals surface area contributed by atoms with Crippen molar-refractivity contribution in [2.75, 3.05) is 26.2 Å². The van der Waals surface area contributed by atoms with Gasteiger partial charge in [-0.25, -0.2) is 4.79 Å². The van der Waals surface area contributed by atoms with Crippen molar-refractivity contribution < 1.29 is 19.1 Å². The lowest BCUT2D eigenvalue weighted by Gasteiger charge is -2.27. The van der Waals surface area contributed by atoms with Gasteiger partial charge in [-0.15, -0.1) is 0 Å². The molecule has 7 heteroatoms. The Kier molecular flexibility index (Phi) is 6.18. The molecule has 0 aromatic rings. The molecule has 22 heavy (non-hydrogen) atoms. The van der Waals surface area contributed by atoms with Crippen LogP contribution in [0, 0.1) is 11.3 Å². The molecule has 1 aliphatic rings. The van der Waals surface area contributed by atoms with Crippen molar-refractivity contribution in [1.82, 2.24) is 10.2 Å². The summed E-state index contributed by atoms with van der Waals surface area (Å²) in [5.74, 6) is -0.257. The molecule has 0 aliphatic carbocycles. The van der Waals surface area contributed by atoms with E-state index in [1.807, 2.05) is 33.8 Å². The maximum Gasteiger partial charge on any atom is 0.410 e. The summed E-state index contributed by atoms with van der Waals surface area (Å²) >= 11 is 0. The standard InChI is InChI=1S/C15H25N3O4/c1-14(2,3)22-13(20)18-9-6-15(4,11-18)21-10-12(19)17-8-5-7-16/h5-6,8-11H2,1-4H3,(H,17,19). The van der Waals surface area contributed by atoms with Gasteiger partial charge in [0.25, 0.3) is 0 Å². The van der Waals surface area contributed by atoms with Crippen LogP contribution in [0.1, 0.15) is 40.5 Å². The smallest absolute Gasteiger partial charge is 0.410 e. The van der Waals surface area contributed by atoms with Crippen molar-refractivity contribution in [3.63, 3.8) is 0 Å². The molecule has 1 saturated heterocycles. The lowest BCUT2D eigenvalue weighted by atomic mass is 10.1. The summed E-state index contributed by atoms with van der Waals surface area (Å²) in [5, 5.41) is 11.0. The number of carbonyl (C=O) groups is 2. The largest absolute Gasteiger partial charge is 0.444 e. The third-order valence-electron chi connectivity index (χ3n) is 3.20. The highest BCUT2D eigenvalue weighted by atomic mass is 16.6. The van der Waals surface area contributed by atoms with Crippen LogP contribution in [0.15, 0.2) is 0 Å². The molecule has 1 heterocycles. The predicted octanol–water partition coefficient (Wildman–Crippen LogP) is 1.43. The minimum atomic E-state index is -0.552. The van der Waals surface area contributed by atoms with E-state index in [-0.39, 0.29) is 25.0 Å². The number of likely N-dealkylation sites (tertiary alicyclic amines) is 1. The van der Waals surface area contributed by atoms with Crippen LogP contribution in [0.3, 0.4) is 0 Å². The zero-order chi connectivity index (χ0) is 16.8. The van der Waals surface area contributed by atoms with Crippen molar-refractivity contribution in [3.8, 4) is 6.07 Å². The van der Waals surface area contributed by atoms with Gasteiger partial charge >= 0.3 is 6.09 Å². The van der Waals surface area contributed by atoms with E-state index in [0.29, 0.717) is 26.1 Å². The lowest BCUT2D eigenvalue weighted by Crippen LogP contribution is -2.40. The fourth-order valence-electron chi connectivity index (χ4n) is 2.08. The Balaban J connectivity index is 2.38. The van der Waals surface area contributed by atoms with Crippen LogP contribution < -0.4 is 5.32 Å². The first kappa shape index (κ1) is 18.2. The summed E-state index contributed by atoms with van der Waals surface area (Å²) in [6.45, 7) is 8.52. The van der Waals surface area contributed by atoms with Gasteiger partial charge in [0.1, 0.15) is 12.2 Å². The first-order valence-corrected chi connectivity index (χ1v) is 7.41. The average Bonchev–Trinajstić information content (AvgIpc) is 2.78. The van der Waals surface area contributed by atoms with Gasteiger partial charge in [0.15, 0.2) is 0 Å². The van der Waals surface area contributed by atoms with E-state index in [9.17, 15) is 9.59 Å². The minimum Gasteiger partial charge on any atom is -0.444 e. The number of carbonyl (C=O) groups excluding carboxylic acids is 2. The SMILES string of the molecule is CC(C)(C)OC(=O)N1CCC(C)(OCC(=O)NCCC#N)C1. The molecule has 2 amide bonds. The molecular formula is C15H25N3O4. The second-order valence-corrected chi connectivity index (χ2v) is 6.65. The highest BCUT2D eigenvalue weighted by molar-refractivity contribution is 5.77. The second-order valence-electron chi connectivity index (χ2n) is 6.65. The molecule has 1 rings (SSSR count). The molecule has 1 fully saturated rings. The zero-order valence-electron chi connectivity index (χ0n) is 13.8. The molecule has 0 spiro atoms. The monoisotopic (exact) mass is 311 g/mol. The molecule has 0 aromatic carbocycles. The van der Waals surface area contributed by atoms with E-state index in [1.165, 1.54) is 0 Å². The van der Waals surface area contributed by atoms with E-state index >= 15 is 0 Å². The Hall–Kier alpha value is -1.81. The number of nitrogens with zero attached hydrogens (tertiary/aromatic N) is 2. The van der Waals surface area contributed by atoms with E-state index in [0.717, 1.165) is 0 Å². The third kappa shape index (κ3) is 6.31. The molecular weight excluding hydrogens is 286 g/mol. The van der Waals surface area contributed by atoms with Crippen LogP contribution in [-0.4, -0.2) is 54.3 Å². The van der Waals surface area contributed by atoms with Crippen LogP contribution in [0.25, 0.3) is 0 Å². The maximum absolute atomic E-state index is 12.0. The molecule has 0 saturated carbocycles. The van der Waals surface area contributed by atoms with E-state index in [4.69, 9.17) is 14.7 Å². The summed E-state index contributed by atoms with van der Waals surface area (Å²) in [5.41, 5.74) is -1.08. The molecule has 1 unspecified atom stereocenters. The Labute approximate surface area is 131 Å². The van der Waals surface area contributed by atoms with Gasteiger partial charge in [0, 0.05) is 13.1 Å². The van der Waals surface area contributed by atoms with Crippen molar-refractivity contribution in [2.24, 2.45) is 0 Å². The van der Waals surface area contributed by atoms with Gasteiger partial charge in [-0.2, -0.15) is 5.26 Å². The molecule has 7 nitrogen and oxygen atoms in total. The minimum absolute atomic E-state index is 0.0793. The number of hydrogen-bond acceptors (Lipinski definition) is 5. The Bertz CT molecular complexity index is 453. The van der Waals surface area contributed by atoms with Gasteiger partial charge in [-0.1, -0.05) is 0 Å². The van der Waals surface area contributed by atoms with Gasteiger partial charge in [0.2, 0.25) is 5.91 Å². The first-order valence-electron chi connectivity index (χ1n) is 7.41. The van der Waals surface area contributed by atoms with Gasteiger partial charge in [-0.05, 0) is 34.1 Å². The lowest BCUT2D eigenvalue weighted by molar-refractivity contribution is -0.131. The molecule has 1 atom stereocenters. The molecule has 1 N–H and O–H groups in total. The highest BCUT2D eigenvalue weighted by Crippen LogP contribution is 2.26. The van der Waals surface area contributed by atoms with Gasteiger partial charge in [-0.3, -0.25) is 4.79 Å². The van der Waals surface area contributed by atoms with E-state index in [1.54, 1.807) is 4.90 Å². The number of rotatable bonds is 5. The molecule has 0 aromatic heterocycles. The topological polar surface area (TPSA) is 91.7 Å². The van der Waals surface area contributed by atoms with Crippen LogP contribution in [0.4, 0.5) is 4.79 Å². The number of nitrogens with one attached hydrogen (secondary N) is 1. The van der Waals surface area contributed by atoms with Crippen molar-refractivity contribution >= 4 is 12.0 Å². The summed E-state index contributed by atoms with van der Waals surface area (Å²) in [6.07, 6.45) is 0.561. The maximum atomic E-state index is 12.0. The number of amides is 2. The Morgan fingerprint density at radius 1 is 1.41 bits per heavy atom. The highest BCUT2D eigenvalue weighted by Gasteiger charge is 2.38. The van der Waals surface area contributed by atoms with Gasteiger partial charge < -0.3 is 19.7 Å². The van der Waals surface area contributed by atoms with Crippen LogP contribution in [0.2, 0.25) is 0 Å². The fourth-order valence-corrected chi connectivity index (χ4v) is 2.08. The zero-order valence-corrected chi connectivity index (χ0v) is 13.8. The fraction of sp³-hybridized carbons (Fsp3) is 0.800. The summed E-state index contributed by atoms with van der Waals surface area (Å²) in [7, 11) is 0. The third-order valence-corrected chi connectivity index (χ3v) is 3.20. The summed E-state index contributed by atoms with van der Waals surface area (Å²) in [4.78, 5) is 25.2. The number of ether oxygens (including phenoxy) is 2. The van der Waals surface area contributed by atoms with Crippen molar-refractivity contribution in [1.29, 1.82) is 5.26 Å². The van der Waals surface area contributed by atoms with Crippen LogP contribution in [0.5, 0.6) is 0 Å².